The first-order chi connectivity index (χ1) is 16.1. The van der Waals surface area contributed by atoms with Gasteiger partial charge >= 0.3 is 0 Å². The molecule has 0 aliphatic rings. The van der Waals surface area contributed by atoms with Crippen molar-refractivity contribution >= 4 is 28.9 Å². The van der Waals surface area contributed by atoms with Gasteiger partial charge in [-0.1, -0.05) is 37.3 Å². The zero-order chi connectivity index (χ0) is 24.9. The first-order valence-corrected chi connectivity index (χ1v) is 10.8. The number of aromatic nitrogens is 1. The van der Waals surface area contributed by atoms with Gasteiger partial charge in [0.05, 0.1) is 5.69 Å². The lowest BCUT2D eigenvalue weighted by atomic mass is 10.0. The third-order valence-electron chi connectivity index (χ3n) is 5.37. The fourth-order valence-electron chi connectivity index (χ4n) is 3.50. The summed E-state index contributed by atoms with van der Waals surface area (Å²) in [5, 5.41) is 13.1. The average molecular weight is 465 g/mol. The topological polar surface area (TPSA) is 94.9 Å². The van der Waals surface area contributed by atoms with Crippen LogP contribution in [0.15, 0.2) is 66.9 Å². The van der Waals surface area contributed by atoms with Gasteiger partial charge in [0.2, 0.25) is 11.8 Å². The number of hydrogen-bond acceptors (Lipinski definition) is 4. The zero-order valence-electron chi connectivity index (χ0n) is 19.2. The van der Waals surface area contributed by atoms with Crippen molar-refractivity contribution < 1.29 is 18.4 Å². The lowest BCUT2D eigenvalue weighted by Gasteiger charge is -2.18. The highest BCUT2D eigenvalue weighted by Gasteiger charge is 2.31. The molecule has 0 aliphatic carbocycles. The number of nitrogens with zero attached hydrogens (tertiary/aromatic N) is 1. The Balaban J connectivity index is 1.78. The smallest absolute Gasteiger partial charge is 0.273 e. The molecule has 0 bridgehead atoms. The van der Waals surface area contributed by atoms with Gasteiger partial charge in [0.1, 0.15) is 0 Å². The van der Waals surface area contributed by atoms with E-state index < -0.39 is 23.7 Å². The molecule has 1 unspecified atom stereocenters. The van der Waals surface area contributed by atoms with E-state index in [1.165, 1.54) is 38.1 Å². The summed E-state index contributed by atoms with van der Waals surface area (Å²) in [4.78, 5) is 30.1. The van der Waals surface area contributed by atoms with Crippen LogP contribution in [0, 0.1) is 18.3 Å². The summed E-state index contributed by atoms with van der Waals surface area (Å²) >= 11 is 0. The number of nitrogens with one attached hydrogen (secondary N) is 3. The zero-order valence-corrected chi connectivity index (χ0v) is 19.2. The third kappa shape index (κ3) is 5.70. The van der Waals surface area contributed by atoms with Gasteiger partial charge in [-0.05, 0) is 49.7 Å². The van der Waals surface area contributed by atoms with E-state index in [4.69, 9.17) is 5.41 Å². The highest BCUT2D eigenvalue weighted by molar-refractivity contribution is 6.24. The van der Waals surface area contributed by atoms with E-state index in [0.29, 0.717) is 5.69 Å². The minimum Gasteiger partial charge on any atom is -0.325 e. The summed E-state index contributed by atoms with van der Waals surface area (Å²) in [5.41, 5.74) is 2.67. The summed E-state index contributed by atoms with van der Waals surface area (Å²) in [6.07, 6.45) is 1.30. The van der Waals surface area contributed by atoms with Crippen LogP contribution in [0.25, 0.3) is 11.3 Å². The van der Waals surface area contributed by atoms with E-state index in [-0.39, 0.29) is 23.4 Å². The molecule has 6 nitrogen and oxygen atoms in total. The van der Waals surface area contributed by atoms with E-state index in [9.17, 15) is 18.4 Å². The highest BCUT2D eigenvalue weighted by Crippen LogP contribution is 2.32. The lowest BCUT2D eigenvalue weighted by Crippen LogP contribution is -2.38. The van der Waals surface area contributed by atoms with Crippen LogP contribution in [0.2, 0.25) is 0 Å². The highest BCUT2D eigenvalue weighted by atomic mass is 19.3. The number of anilines is 2. The number of hydrogen-bond donors (Lipinski definition) is 3. The first kappa shape index (κ1) is 24.7. The van der Waals surface area contributed by atoms with Crippen molar-refractivity contribution in [3.63, 3.8) is 0 Å². The normalized spacial score (nSPS) is 12.0. The Hall–Kier alpha value is -3.94. The molecule has 0 saturated carbocycles. The second kappa shape index (κ2) is 10.3. The molecule has 2 amide bonds. The molecule has 0 fully saturated rings. The van der Waals surface area contributed by atoms with Gasteiger partial charge in [0.25, 0.3) is 5.92 Å². The molecule has 2 aromatic carbocycles. The molecule has 0 radical (unpaired) electrons. The summed E-state index contributed by atoms with van der Waals surface area (Å²) in [5.74, 6) is -5.95. The lowest BCUT2D eigenvalue weighted by molar-refractivity contribution is -0.126. The maximum Gasteiger partial charge on any atom is 0.273 e. The van der Waals surface area contributed by atoms with Crippen molar-refractivity contribution in [2.24, 2.45) is 5.92 Å². The number of aryl methyl sites for hydroxylation is 1. The summed E-state index contributed by atoms with van der Waals surface area (Å²) < 4.78 is 28.0. The predicted octanol–water partition coefficient (Wildman–Crippen LogP) is 5.79. The van der Waals surface area contributed by atoms with Gasteiger partial charge in [0, 0.05) is 40.8 Å². The van der Waals surface area contributed by atoms with E-state index in [1.807, 2.05) is 25.1 Å². The molecule has 0 spiro atoms. The molecule has 1 heterocycles. The predicted molar refractivity (Wildman–Crippen MR) is 129 cm³/mol. The van der Waals surface area contributed by atoms with Crippen LogP contribution in [-0.4, -0.2) is 22.5 Å². The van der Waals surface area contributed by atoms with Crippen LogP contribution in [0.3, 0.4) is 0 Å². The molecule has 1 atom stereocenters. The molecule has 8 heteroatoms. The number of carbonyl (C=O) groups is 2. The van der Waals surface area contributed by atoms with Crippen molar-refractivity contribution in [3.05, 3.63) is 78.0 Å². The van der Waals surface area contributed by atoms with E-state index >= 15 is 0 Å². The van der Waals surface area contributed by atoms with Gasteiger partial charge in [0.15, 0.2) is 5.92 Å². The van der Waals surface area contributed by atoms with Crippen LogP contribution in [0.5, 0.6) is 0 Å². The molecule has 3 rings (SSSR count). The molecule has 3 N–H and O–H groups in total. The van der Waals surface area contributed by atoms with Crippen LogP contribution in [-0.2, 0) is 15.5 Å². The Morgan fingerprint density at radius 2 is 1.62 bits per heavy atom. The first-order valence-electron chi connectivity index (χ1n) is 10.8. The van der Waals surface area contributed by atoms with Gasteiger partial charge in [-0.25, -0.2) is 8.78 Å². The Kier molecular flexibility index (Phi) is 7.50. The second-order valence-corrected chi connectivity index (χ2v) is 7.98. The summed E-state index contributed by atoms with van der Waals surface area (Å²) in [6, 6.07) is 16.1. The largest absolute Gasteiger partial charge is 0.325 e. The minimum absolute atomic E-state index is 0.127. The van der Waals surface area contributed by atoms with Gasteiger partial charge in [-0.15, -0.1) is 0 Å². The maximum absolute atomic E-state index is 14.0. The molecule has 176 valence electrons. The number of halogens is 2. The average Bonchev–Trinajstić information content (AvgIpc) is 2.79. The fraction of sp³-hybridized carbons (Fsp3) is 0.231. The monoisotopic (exact) mass is 464 g/mol. The number of pyridine rings is 1. The molecule has 0 aliphatic heterocycles. The van der Waals surface area contributed by atoms with Crippen LogP contribution in [0.4, 0.5) is 20.2 Å². The second-order valence-electron chi connectivity index (χ2n) is 7.98. The Morgan fingerprint density at radius 1 is 1.00 bits per heavy atom. The Labute approximate surface area is 196 Å². The molecular formula is C26H26F2N4O2. The van der Waals surface area contributed by atoms with E-state index in [1.54, 1.807) is 24.4 Å². The number of benzene rings is 2. The van der Waals surface area contributed by atoms with Crippen molar-refractivity contribution in [1.29, 1.82) is 5.41 Å². The fourth-order valence-corrected chi connectivity index (χ4v) is 3.50. The van der Waals surface area contributed by atoms with E-state index in [0.717, 1.165) is 16.8 Å². The molecule has 1 aromatic heterocycles. The van der Waals surface area contributed by atoms with Crippen molar-refractivity contribution in [1.82, 2.24) is 4.98 Å². The van der Waals surface area contributed by atoms with Crippen molar-refractivity contribution in [3.8, 4) is 11.3 Å². The van der Waals surface area contributed by atoms with Crippen molar-refractivity contribution in [2.75, 3.05) is 10.6 Å². The summed E-state index contributed by atoms with van der Waals surface area (Å²) in [7, 11) is 0. The Morgan fingerprint density at radius 3 is 2.21 bits per heavy atom. The van der Waals surface area contributed by atoms with Crippen LogP contribution >= 0.6 is 0 Å². The van der Waals surface area contributed by atoms with E-state index in [2.05, 4.69) is 15.6 Å². The number of carbonyl (C=O) groups excluding carboxylic acids is 2. The molecule has 34 heavy (non-hydrogen) atoms. The molecule has 0 saturated heterocycles. The number of alkyl halides is 2. The standard InChI is InChI=1S/C26H26F2N4O2/c1-4-26(27,28)19-10-6-12-21(15-19)32-25(34)22(17(3)29)24(33)31-20-11-5-9-18(14-20)23-16(2)8-7-13-30-23/h5-15,22,29H,4H2,1-3H3,(H,31,33)(H,32,34). The number of amides is 2. The summed E-state index contributed by atoms with van der Waals surface area (Å²) in [6.45, 7) is 4.64. The SMILES string of the molecule is CCC(F)(F)c1cccc(NC(=O)C(C(C)=N)C(=O)Nc2cccc(-c3ncccc3C)c2)c1. The quantitative estimate of drug-likeness (QED) is 0.291. The maximum atomic E-state index is 14.0. The Bertz CT molecular complexity index is 1230. The molecular weight excluding hydrogens is 438 g/mol. The minimum atomic E-state index is -3.04. The number of rotatable bonds is 8. The van der Waals surface area contributed by atoms with Crippen molar-refractivity contribution in [2.45, 2.75) is 33.1 Å². The van der Waals surface area contributed by atoms with Gasteiger partial charge in [-0.2, -0.15) is 0 Å². The van der Waals surface area contributed by atoms with Crippen LogP contribution < -0.4 is 10.6 Å². The van der Waals surface area contributed by atoms with Crippen LogP contribution in [0.1, 0.15) is 31.4 Å². The third-order valence-corrected chi connectivity index (χ3v) is 5.37. The van der Waals surface area contributed by atoms with Gasteiger partial charge in [-0.3, -0.25) is 14.6 Å². The van der Waals surface area contributed by atoms with Gasteiger partial charge < -0.3 is 16.0 Å². The molecule has 3 aromatic rings.